The maximum atomic E-state index is 10.8. The summed E-state index contributed by atoms with van der Waals surface area (Å²) in [6.07, 6.45) is 1.66. The molecule has 0 aliphatic rings. The third-order valence-electron chi connectivity index (χ3n) is 1.24. The summed E-state index contributed by atoms with van der Waals surface area (Å²) in [5, 5.41) is 0. The molecule has 0 aliphatic carbocycles. The highest BCUT2D eigenvalue weighted by molar-refractivity contribution is 9.10. The molecule has 56 valence electrons. The summed E-state index contributed by atoms with van der Waals surface area (Å²) in [4.78, 5) is 17.4. The van der Waals surface area contributed by atoms with E-state index in [2.05, 4.69) is 25.9 Å². The van der Waals surface area contributed by atoms with Gasteiger partial charge in [0, 0.05) is 10.7 Å². The highest BCUT2D eigenvalue weighted by Crippen LogP contribution is 2.16. The largest absolute Gasteiger partial charge is 0.306 e. The third-order valence-corrected chi connectivity index (χ3v) is 2.49. The zero-order chi connectivity index (χ0) is 7.84. The van der Waals surface area contributed by atoms with Crippen LogP contribution in [0.1, 0.15) is 0 Å². The lowest BCUT2D eigenvalue weighted by Crippen LogP contribution is -1.90. The van der Waals surface area contributed by atoms with Crippen LogP contribution in [0.2, 0.25) is 0 Å². The van der Waals surface area contributed by atoms with Gasteiger partial charge in [-0.2, -0.15) is 0 Å². The summed E-state index contributed by atoms with van der Waals surface area (Å²) in [6.45, 7) is 0. The summed E-state index contributed by atoms with van der Waals surface area (Å²) >= 11 is 4.43. The van der Waals surface area contributed by atoms with Crippen LogP contribution in [-0.4, -0.2) is 9.97 Å². The van der Waals surface area contributed by atoms with E-state index in [9.17, 15) is 4.79 Å². The third kappa shape index (κ3) is 1.21. The fourth-order valence-electron chi connectivity index (χ4n) is 0.814. The molecule has 11 heavy (non-hydrogen) atoms. The molecule has 0 saturated carbocycles. The lowest BCUT2D eigenvalue weighted by molar-refractivity contribution is 1.29. The Hall–Kier alpha value is -0.680. The monoisotopic (exact) mass is 230 g/mol. The fraction of sp³-hybridized carbons (Fsp3) is 0. The molecule has 0 radical (unpaired) electrons. The molecule has 0 aromatic carbocycles. The summed E-state index contributed by atoms with van der Waals surface area (Å²) in [6, 6.07) is 1.87. The van der Waals surface area contributed by atoms with Crippen molar-refractivity contribution in [1.82, 2.24) is 9.97 Å². The highest BCUT2D eigenvalue weighted by Gasteiger charge is 1.99. The Morgan fingerprint density at radius 1 is 1.64 bits per heavy atom. The Morgan fingerprint density at radius 3 is 3.27 bits per heavy atom. The first kappa shape index (κ1) is 7.00. The number of nitrogens with zero attached hydrogens (tertiary/aromatic N) is 1. The van der Waals surface area contributed by atoms with Crippen LogP contribution >= 0.6 is 27.3 Å². The fourth-order valence-corrected chi connectivity index (χ4v) is 2.03. The van der Waals surface area contributed by atoms with Crippen molar-refractivity contribution in [2.24, 2.45) is 0 Å². The van der Waals surface area contributed by atoms with Gasteiger partial charge >= 0.3 is 4.87 Å². The van der Waals surface area contributed by atoms with Crippen molar-refractivity contribution in [2.75, 3.05) is 0 Å². The minimum Gasteiger partial charge on any atom is -0.297 e. The molecule has 2 aromatic heterocycles. The molecule has 2 rings (SSSR count). The number of aromatic amines is 1. The number of nitrogens with one attached hydrogen (secondary N) is 1. The van der Waals surface area contributed by atoms with Gasteiger partial charge in [-0.25, -0.2) is 4.98 Å². The second-order valence-electron chi connectivity index (χ2n) is 2.01. The predicted molar refractivity (Wildman–Crippen MR) is 47.9 cm³/mol. The van der Waals surface area contributed by atoms with E-state index in [0.717, 1.165) is 20.5 Å². The Kier molecular flexibility index (Phi) is 1.54. The Bertz CT molecular complexity index is 447. The quantitative estimate of drug-likeness (QED) is 0.750. The van der Waals surface area contributed by atoms with E-state index in [0.29, 0.717) is 5.65 Å². The SMILES string of the molecule is O=c1[nH]c2ncc(Br)cc2s1. The van der Waals surface area contributed by atoms with Crippen LogP contribution in [0.4, 0.5) is 0 Å². The predicted octanol–water partition coefficient (Wildman–Crippen LogP) is 1.75. The Labute approximate surface area is 74.2 Å². The van der Waals surface area contributed by atoms with Crippen molar-refractivity contribution in [3.8, 4) is 0 Å². The number of fused-ring (bicyclic) bond motifs is 1. The average molecular weight is 231 g/mol. The molecule has 0 atom stereocenters. The zero-order valence-electron chi connectivity index (χ0n) is 5.30. The van der Waals surface area contributed by atoms with E-state index in [1.807, 2.05) is 6.07 Å². The van der Waals surface area contributed by atoms with Crippen LogP contribution in [0.5, 0.6) is 0 Å². The van der Waals surface area contributed by atoms with Crippen LogP contribution in [0, 0.1) is 0 Å². The Morgan fingerprint density at radius 2 is 2.45 bits per heavy atom. The van der Waals surface area contributed by atoms with Crippen molar-refractivity contribution in [2.45, 2.75) is 0 Å². The molecule has 0 saturated heterocycles. The van der Waals surface area contributed by atoms with Crippen molar-refractivity contribution in [3.05, 3.63) is 26.4 Å². The van der Waals surface area contributed by atoms with Crippen molar-refractivity contribution in [3.63, 3.8) is 0 Å². The number of halogens is 1. The van der Waals surface area contributed by atoms with Gasteiger partial charge in [-0.1, -0.05) is 11.3 Å². The van der Waals surface area contributed by atoms with E-state index in [1.165, 1.54) is 0 Å². The van der Waals surface area contributed by atoms with Crippen LogP contribution in [0.3, 0.4) is 0 Å². The number of hydrogen-bond donors (Lipinski definition) is 1. The van der Waals surface area contributed by atoms with Crippen LogP contribution in [-0.2, 0) is 0 Å². The van der Waals surface area contributed by atoms with Gasteiger partial charge in [-0.3, -0.25) is 9.78 Å². The van der Waals surface area contributed by atoms with E-state index < -0.39 is 0 Å². The molecule has 0 bridgehead atoms. The zero-order valence-corrected chi connectivity index (χ0v) is 7.70. The Balaban J connectivity index is 2.92. The van der Waals surface area contributed by atoms with Crippen LogP contribution in [0.25, 0.3) is 10.3 Å². The summed E-state index contributed by atoms with van der Waals surface area (Å²) in [5.41, 5.74) is 0.656. The first-order valence-corrected chi connectivity index (χ1v) is 4.51. The van der Waals surface area contributed by atoms with Gasteiger partial charge in [0.2, 0.25) is 0 Å². The van der Waals surface area contributed by atoms with Crippen LogP contribution in [0.15, 0.2) is 21.5 Å². The molecule has 2 aromatic rings. The second kappa shape index (κ2) is 2.42. The molecular formula is C6H3BrN2OS. The second-order valence-corrected chi connectivity index (χ2v) is 3.95. The van der Waals surface area contributed by atoms with Crippen molar-refractivity contribution in [1.29, 1.82) is 0 Å². The maximum Gasteiger partial charge on any atom is 0.306 e. The molecule has 0 spiro atoms. The minimum atomic E-state index is -0.0643. The van der Waals surface area contributed by atoms with Gasteiger partial charge in [0.05, 0.1) is 4.70 Å². The molecule has 1 N–H and O–H groups in total. The molecule has 0 aliphatic heterocycles. The number of aromatic nitrogens is 2. The molecular weight excluding hydrogens is 228 g/mol. The van der Waals surface area contributed by atoms with Crippen molar-refractivity contribution >= 4 is 37.6 Å². The maximum absolute atomic E-state index is 10.8. The van der Waals surface area contributed by atoms with E-state index in [1.54, 1.807) is 6.20 Å². The molecule has 2 heterocycles. The van der Waals surface area contributed by atoms with Gasteiger partial charge in [0.25, 0.3) is 0 Å². The lowest BCUT2D eigenvalue weighted by atomic mass is 10.5. The molecule has 0 amide bonds. The van der Waals surface area contributed by atoms with Crippen LogP contribution < -0.4 is 4.87 Å². The van der Waals surface area contributed by atoms with Gasteiger partial charge in [0.15, 0.2) is 5.65 Å². The molecule has 0 fully saturated rings. The molecule has 5 heteroatoms. The van der Waals surface area contributed by atoms with Crippen molar-refractivity contribution < 1.29 is 0 Å². The molecule has 3 nitrogen and oxygen atoms in total. The minimum absolute atomic E-state index is 0.0643. The van der Waals surface area contributed by atoms with Gasteiger partial charge in [-0.15, -0.1) is 0 Å². The molecule has 0 unspecified atom stereocenters. The average Bonchev–Trinajstić information content (AvgIpc) is 2.27. The lowest BCUT2D eigenvalue weighted by Gasteiger charge is -1.86. The first-order chi connectivity index (χ1) is 5.25. The normalized spacial score (nSPS) is 10.6. The number of pyridine rings is 1. The summed E-state index contributed by atoms with van der Waals surface area (Å²) in [7, 11) is 0. The highest BCUT2D eigenvalue weighted by atomic mass is 79.9. The number of rotatable bonds is 0. The number of thiazole rings is 1. The standard InChI is InChI=1S/C6H3BrN2OS/c7-3-1-4-5(8-2-3)9-6(10)11-4/h1-2H,(H,8,9,10). The number of hydrogen-bond acceptors (Lipinski definition) is 3. The van der Waals surface area contributed by atoms with E-state index >= 15 is 0 Å². The van der Waals surface area contributed by atoms with E-state index in [-0.39, 0.29) is 4.87 Å². The summed E-state index contributed by atoms with van der Waals surface area (Å²) in [5.74, 6) is 0. The topological polar surface area (TPSA) is 45.8 Å². The van der Waals surface area contributed by atoms with Gasteiger partial charge in [0.1, 0.15) is 0 Å². The smallest absolute Gasteiger partial charge is 0.297 e. The van der Waals surface area contributed by atoms with E-state index in [4.69, 9.17) is 0 Å². The summed E-state index contributed by atoms with van der Waals surface area (Å²) < 4.78 is 1.77. The first-order valence-electron chi connectivity index (χ1n) is 2.90. The van der Waals surface area contributed by atoms with Gasteiger partial charge in [-0.05, 0) is 22.0 Å². The van der Waals surface area contributed by atoms with Gasteiger partial charge < -0.3 is 0 Å². The number of H-pyrrole nitrogens is 1.